The van der Waals surface area contributed by atoms with Crippen molar-refractivity contribution in [1.82, 2.24) is 4.31 Å². The molecule has 2 rings (SSSR count). The third kappa shape index (κ3) is 3.16. The first kappa shape index (κ1) is 16.1. The summed E-state index contributed by atoms with van der Waals surface area (Å²) in [5.74, 6) is 0.850. The lowest BCUT2D eigenvalue weighted by Crippen LogP contribution is -2.41. The number of nitrogens with two attached hydrogens (primary N) is 1. The van der Waals surface area contributed by atoms with Gasteiger partial charge in [-0.1, -0.05) is 6.92 Å². The molecule has 1 aromatic carbocycles. The summed E-state index contributed by atoms with van der Waals surface area (Å²) in [6, 6.07) is 3.32. The first-order valence-corrected chi connectivity index (χ1v) is 9.81. The molecule has 1 unspecified atom stereocenters. The van der Waals surface area contributed by atoms with Crippen LogP contribution in [0.1, 0.15) is 18.9 Å². The molecule has 0 amide bonds. The Hall–Kier alpha value is -0.240. The normalized spacial score (nSPS) is 21.1. The third-order valence-corrected chi connectivity index (χ3v) is 7.53. The molecule has 1 aliphatic rings. The predicted octanol–water partition coefficient (Wildman–Crippen LogP) is 2.86. The van der Waals surface area contributed by atoms with Crippen molar-refractivity contribution in [2.24, 2.45) is 0 Å². The number of sulfonamides is 1. The second-order valence-electron chi connectivity index (χ2n) is 4.90. The van der Waals surface area contributed by atoms with Crippen LogP contribution in [0.15, 0.2) is 21.5 Å². The Balaban J connectivity index is 2.37. The zero-order chi connectivity index (χ0) is 14.9. The van der Waals surface area contributed by atoms with Crippen molar-refractivity contribution in [3.63, 3.8) is 0 Å². The van der Waals surface area contributed by atoms with Gasteiger partial charge in [0.2, 0.25) is 10.0 Å². The maximum absolute atomic E-state index is 12.8. The molecule has 1 aliphatic heterocycles. The van der Waals surface area contributed by atoms with Crippen LogP contribution in [-0.2, 0) is 10.0 Å². The molecule has 0 aliphatic carbocycles. The van der Waals surface area contributed by atoms with Gasteiger partial charge >= 0.3 is 0 Å². The molecule has 112 valence electrons. The molecule has 2 N–H and O–H groups in total. The maximum atomic E-state index is 12.8. The Labute approximate surface area is 133 Å². The summed E-state index contributed by atoms with van der Waals surface area (Å²) < 4.78 is 27.9. The molecule has 0 radical (unpaired) electrons. The number of rotatable bonds is 3. The molecule has 4 nitrogen and oxygen atoms in total. The third-order valence-electron chi connectivity index (χ3n) is 3.47. The van der Waals surface area contributed by atoms with Gasteiger partial charge in [0.15, 0.2) is 0 Å². The molecule has 0 saturated carbocycles. The fourth-order valence-electron chi connectivity index (χ4n) is 2.24. The molecule has 0 aromatic heterocycles. The molecule has 1 atom stereocenters. The van der Waals surface area contributed by atoms with Gasteiger partial charge in [-0.15, -0.1) is 0 Å². The van der Waals surface area contributed by atoms with E-state index in [1.54, 1.807) is 23.4 Å². The molecule has 7 heteroatoms. The number of benzene rings is 1. The van der Waals surface area contributed by atoms with Crippen molar-refractivity contribution in [1.29, 1.82) is 0 Å². The van der Waals surface area contributed by atoms with Crippen LogP contribution in [0.3, 0.4) is 0 Å². The van der Waals surface area contributed by atoms with E-state index in [9.17, 15) is 8.42 Å². The minimum Gasteiger partial charge on any atom is -0.398 e. The van der Waals surface area contributed by atoms with Crippen LogP contribution < -0.4 is 5.73 Å². The molecule has 20 heavy (non-hydrogen) atoms. The Morgan fingerprint density at radius 3 is 2.85 bits per heavy atom. The van der Waals surface area contributed by atoms with Crippen LogP contribution in [-0.4, -0.2) is 36.8 Å². The van der Waals surface area contributed by atoms with Crippen LogP contribution >= 0.6 is 27.7 Å². The van der Waals surface area contributed by atoms with Crippen LogP contribution in [0, 0.1) is 6.92 Å². The second kappa shape index (κ2) is 6.25. The van der Waals surface area contributed by atoms with E-state index in [1.807, 2.05) is 11.8 Å². The van der Waals surface area contributed by atoms with E-state index >= 15 is 0 Å². The van der Waals surface area contributed by atoms with Crippen molar-refractivity contribution < 1.29 is 8.42 Å². The zero-order valence-electron chi connectivity index (χ0n) is 11.6. The van der Waals surface area contributed by atoms with E-state index in [0.717, 1.165) is 22.2 Å². The number of anilines is 1. The summed E-state index contributed by atoms with van der Waals surface area (Å²) in [5.41, 5.74) is 7.01. The van der Waals surface area contributed by atoms with Crippen molar-refractivity contribution in [3.8, 4) is 0 Å². The summed E-state index contributed by atoms with van der Waals surface area (Å²) in [5, 5.41) is 0.381. The summed E-state index contributed by atoms with van der Waals surface area (Å²) >= 11 is 5.18. The van der Waals surface area contributed by atoms with Gasteiger partial charge in [-0.2, -0.15) is 16.1 Å². The van der Waals surface area contributed by atoms with Gasteiger partial charge in [-0.3, -0.25) is 0 Å². The number of halogens is 1. The average Bonchev–Trinajstić information content (AvgIpc) is 2.42. The molecular weight excluding hydrogens is 360 g/mol. The summed E-state index contributed by atoms with van der Waals surface area (Å²) in [7, 11) is -3.46. The number of hydrogen-bond donors (Lipinski definition) is 1. The maximum Gasteiger partial charge on any atom is 0.243 e. The lowest BCUT2D eigenvalue weighted by molar-refractivity contribution is 0.415. The van der Waals surface area contributed by atoms with Crippen LogP contribution in [0.25, 0.3) is 0 Å². The highest BCUT2D eigenvalue weighted by molar-refractivity contribution is 9.10. The smallest absolute Gasteiger partial charge is 0.243 e. The Morgan fingerprint density at radius 1 is 1.50 bits per heavy atom. The van der Waals surface area contributed by atoms with E-state index in [2.05, 4.69) is 22.9 Å². The fourth-order valence-corrected chi connectivity index (χ4v) is 5.82. The lowest BCUT2D eigenvalue weighted by Gasteiger charge is -2.31. The lowest BCUT2D eigenvalue weighted by atomic mass is 10.2. The quantitative estimate of drug-likeness (QED) is 0.821. The van der Waals surface area contributed by atoms with Gasteiger partial charge in [0.1, 0.15) is 0 Å². The number of thioether (sulfide) groups is 1. The minimum atomic E-state index is -3.46. The zero-order valence-corrected chi connectivity index (χ0v) is 14.8. The van der Waals surface area contributed by atoms with Gasteiger partial charge in [0.05, 0.1) is 4.90 Å². The monoisotopic (exact) mass is 378 g/mol. The first-order valence-electron chi connectivity index (χ1n) is 6.53. The van der Waals surface area contributed by atoms with Gasteiger partial charge in [-0.25, -0.2) is 8.42 Å². The van der Waals surface area contributed by atoms with Crippen molar-refractivity contribution in [2.75, 3.05) is 24.6 Å². The Morgan fingerprint density at radius 2 is 2.20 bits per heavy atom. The van der Waals surface area contributed by atoms with E-state index in [1.165, 1.54) is 0 Å². The summed E-state index contributed by atoms with van der Waals surface area (Å²) in [6.07, 6.45) is 0.984. The van der Waals surface area contributed by atoms with E-state index < -0.39 is 10.0 Å². The average molecular weight is 379 g/mol. The van der Waals surface area contributed by atoms with Crippen LogP contribution in [0.4, 0.5) is 5.69 Å². The molecule has 1 aromatic rings. The molecule has 0 bridgehead atoms. The highest BCUT2D eigenvalue weighted by Gasteiger charge is 2.31. The van der Waals surface area contributed by atoms with Crippen LogP contribution in [0.2, 0.25) is 0 Å². The number of hydrogen-bond acceptors (Lipinski definition) is 4. The van der Waals surface area contributed by atoms with Gasteiger partial charge in [0, 0.05) is 34.3 Å². The van der Waals surface area contributed by atoms with E-state index in [4.69, 9.17) is 5.73 Å². The largest absolute Gasteiger partial charge is 0.398 e. The highest BCUT2D eigenvalue weighted by atomic mass is 79.9. The molecule has 1 saturated heterocycles. The van der Waals surface area contributed by atoms with Gasteiger partial charge in [-0.05, 0) is 47.0 Å². The SMILES string of the molecule is CCC1CN(S(=O)(=O)c2cc(N)c(Br)cc2C)CCS1. The summed E-state index contributed by atoms with van der Waals surface area (Å²) in [4.78, 5) is 0.319. The van der Waals surface area contributed by atoms with Crippen LogP contribution in [0.5, 0.6) is 0 Å². The van der Waals surface area contributed by atoms with E-state index in [0.29, 0.717) is 28.9 Å². The molecule has 0 spiro atoms. The number of nitrogen functional groups attached to an aromatic ring is 1. The van der Waals surface area contributed by atoms with E-state index in [-0.39, 0.29) is 0 Å². The van der Waals surface area contributed by atoms with Crippen molar-refractivity contribution in [2.45, 2.75) is 30.4 Å². The highest BCUT2D eigenvalue weighted by Crippen LogP contribution is 2.31. The number of aryl methyl sites for hydroxylation is 1. The Bertz CT molecular complexity index is 605. The van der Waals surface area contributed by atoms with Crippen molar-refractivity contribution in [3.05, 3.63) is 22.2 Å². The second-order valence-corrected chi connectivity index (χ2v) is 9.07. The first-order chi connectivity index (χ1) is 9.36. The standard InChI is InChI=1S/C13H19BrN2O2S2/c1-3-10-8-16(4-5-19-10)20(17,18)13-7-12(15)11(14)6-9(13)2/h6-7,10H,3-5,8,15H2,1-2H3. The minimum absolute atomic E-state index is 0.319. The predicted molar refractivity (Wildman–Crippen MR) is 88.6 cm³/mol. The summed E-state index contributed by atoms with van der Waals surface area (Å²) in [6.45, 7) is 5.04. The topological polar surface area (TPSA) is 63.4 Å². The molecular formula is C13H19BrN2O2S2. The van der Waals surface area contributed by atoms with Gasteiger partial charge < -0.3 is 5.73 Å². The fraction of sp³-hybridized carbons (Fsp3) is 0.538. The molecule has 1 heterocycles. The van der Waals surface area contributed by atoms with Gasteiger partial charge in [0.25, 0.3) is 0 Å². The van der Waals surface area contributed by atoms with Crippen molar-refractivity contribution >= 4 is 43.4 Å². The number of nitrogens with zero attached hydrogens (tertiary/aromatic N) is 1. The Kier molecular flexibility index (Phi) is 5.05. The molecule has 1 fully saturated rings.